The highest BCUT2D eigenvalue weighted by molar-refractivity contribution is 6.42. The van der Waals surface area contributed by atoms with Crippen LogP contribution in [0, 0.1) is 5.92 Å². The molecule has 0 aliphatic heterocycles. The molecule has 0 spiro atoms. The Labute approximate surface area is 139 Å². The topological polar surface area (TPSA) is 66.4 Å². The van der Waals surface area contributed by atoms with Gasteiger partial charge in [-0.25, -0.2) is 4.79 Å². The number of allylic oxidation sites excluding steroid dienone is 2. The highest BCUT2D eigenvalue weighted by Gasteiger charge is 2.37. The monoisotopic (exact) mass is 341 g/mol. The molecular formula is C16H17Cl2NO3. The van der Waals surface area contributed by atoms with Crippen molar-refractivity contribution in [1.29, 1.82) is 0 Å². The second kappa shape index (κ2) is 6.71. The normalized spacial score (nSPS) is 19.7. The average molecular weight is 342 g/mol. The number of amides is 1. The van der Waals surface area contributed by atoms with Crippen molar-refractivity contribution in [2.75, 3.05) is 0 Å². The van der Waals surface area contributed by atoms with Gasteiger partial charge in [-0.05, 0) is 43.4 Å². The lowest BCUT2D eigenvalue weighted by Gasteiger charge is -2.27. The third-order valence-electron chi connectivity index (χ3n) is 3.87. The zero-order valence-corrected chi connectivity index (χ0v) is 13.6. The first-order valence-corrected chi connectivity index (χ1v) is 7.75. The summed E-state index contributed by atoms with van der Waals surface area (Å²) in [5.74, 6) is -1.28. The highest BCUT2D eigenvalue weighted by Crippen LogP contribution is 2.29. The average Bonchev–Trinajstić information content (AvgIpc) is 2.94. The number of hydrogen-bond donors (Lipinski definition) is 2. The first-order valence-electron chi connectivity index (χ1n) is 6.99. The molecule has 2 rings (SSSR count). The van der Waals surface area contributed by atoms with Crippen LogP contribution in [0.5, 0.6) is 0 Å². The second-order valence-electron chi connectivity index (χ2n) is 5.58. The van der Waals surface area contributed by atoms with Gasteiger partial charge in [0.05, 0.1) is 10.0 Å². The number of nitrogens with one attached hydrogen (secondary N) is 1. The van der Waals surface area contributed by atoms with Gasteiger partial charge in [-0.2, -0.15) is 0 Å². The molecule has 22 heavy (non-hydrogen) atoms. The van der Waals surface area contributed by atoms with E-state index in [4.69, 9.17) is 23.2 Å². The van der Waals surface area contributed by atoms with Crippen LogP contribution < -0.4 is 5.32 Å². The molecule has 0 saturated carbocycles. The van der Waals surface area contributed by atoms with Gasteiger partial charge >= 0.3 is 5.97 Å². The smallest absolute Gasteiger partial charge is 0.333 e. The van der Waals surface area contributed by atoms with Crippen LogP contribution in [0.2, 0.25) is 10.0 Å². The van der Waals surface area contributed by atoms with Crippen LogP contribution in [0.1, 0.15) is 31.7 Å². The van der Waals surface area contributed by atoms with Crippen LogP contribution >= 0.6 is 23.2 Å². The van der Waals surface area contributed by atoms with E-state index in [-0.39, 0.29) is 23.3 Å². The van der Waals surface area contributed by atoms with E-state index in [9.17, 15) is 14.7 Å². The number of carboxylic acid groups (broad SMARTS) is 1. The summed E-state index contributed by atoms with van der Waals surface area (Å²) in [5.41, 5.74) is -1.17. The number of aliphatic carboxylic acids is 1. The maximum Gasteiger partial charge on any atom is 0.333 e. The number of carbonyl (C=O) groups excluding carboxylic acids is 1. The van der Waals surface area contributed by atoms with Gasteiger partial charge in [0.25, 0.3) is 0 Å². The standard InChI is InChI=1S/C16H17Cl2NO3/c1-16(15(21)22,11-6-7-12(17)13(18)9-11)19-14(20)8-10-4-2-3-5-10/h2,4,6-7,9-10H,3,5,8H2,1H3,(H,19,20)(H,21,22). The molecule has 0 radical (unpaired) electrons. The quantitative estimate of drug-likeness (QED) is 0.801. The van der Waals surface area contributed by atoms with E-state index >= 15 is 0 Å². The lowest BCUT2D eigenvalue weighted by atomic mass is 9.91. The van der Waals surface area contributed by atoms with Crippen molar-refractivity contribution in [1.82, 2.24) is 5.32 Å². The Morgan fingerprint density at radius 2 is 2.09 bits per heavy atom. The summed E-state index contributed by atoms with van der Waals surface area (Å²) in [7, 11) is 0. The molecule has 2 N–H and O–H groups in total. The SMILES string of the molecule is CC(NC(=O)CC1C=CCC1)(C(=O)O)c1ccc(Cl)c(Cl)c1. The highest BCUT2D eigenvalue weighted by atomic mass is 35.5. The molecule has 2 unspecified atom stereocenters. The molecule has 0 heterocycles. The number of carbonyl (C=O) groups is 2. The van der Waals surface area contributed by atoms with Crippen molar-refractivity contribution in [2.45, 2.75) is 31.7 Å². The fraction of sp³-hybridized carbons (Fsp3) is 0.375. The Morgan fingerprint density at radius 3 is 2.64 bits per heavy atom. The minimum absolute atomic E-state index is 0.173. The van der Waals surface area contributed by atoms with Crippen molar-refractivity contribution in [3.05, 3.63) is 46.0 Å². The predicted molar refractivity (Wildman–Crippen MR) is 86.1 cm³/mol. The van der Waals surface area contributed by atoms with Gasteiger partial charge in [-0.3, -0.25) is 4.79 Å². The van der Waals surface area contributed by atoms with E-state index in [0.29, 0.717) is 10.6 Å². The molecule has 1 aliphatic rings. The summed E-state index contributed by atoms with van der Waals surface area (Å²) in [4.78, 5) is 23.9. The van der Waals surface area contributed by atoms with Crippen molar-refractivity contribution >= 4 is 35.1 Å². The molecule has 2 atom stereocenters. The van der Waals surface area contributed by atoms with Gasteiger partial charge in [0.1, 0.15) is 0 Å². The Bertz CT molecular complexity index is 630. The third-order valence-corrected chi connectivity index (χ3v) is 4.61. The summed E-state index contributed by atoms with van der Waals surface area (Å²) in [6.07, 6.45) is 6.19. The molecule has 0 aromatic heterocycles. The summed E-state index contributed by atoms with van der Waals surface area (Å²) in [5, 5.41) is 12.7. The fourth-order valence-corrected chi connectivity index (χ4v) is 2.79. The summed E-state index contributed by atoms with van der Waals surface area (Å²) < 4.78 is 0. The van der Waals surface area contributed by atoms with E-state index in [2.05, 4.69) is 5.32 Å². The molecule has 0 saturated heterocycles. The van der Waals surface area contributed by atoms with E-state index < -0.39 is 11.5 Å². The second-order valence-corrected chi connectivity index (χ2v) is 6.39. The molecule has 4 nitrogen and oxygen atoms in total. The van der Waals surface area contributed by atoms with Gasteiger partial charge in [0.2, 0.25) is 5.91 Å². The first-order chi connectivity index (χ1) is 10.3. The molecule has 1 aromatic rings. The minimum Gasteiger partial charge on any atom is -0.479 e. The van der Waals surface area contributed by atoms with Crippen LogP contribution in [0.4, 0.5) is 0 Å². The number of carboxylic acids is 1. The molecule has 0 fully saturated rings. The van der Waals surface area contributed by atoms with Crippen LogP contribution in [-0.2, 0) is 15.1 Å². The van der Waals surface area contributed by atoms with Gasteiger partial charge in [-0.15, -0.1) is 0 Å². The zero-order valence-electron chi connectivity index (χ0n) is 12.1. The van der Waals surface area contributed by atoms with E-state index in [1.807, 2.05) is 12.2 Å². The predicted octanol–water partition coefficient (Wildman–Crippen LogP) is 3.77. The number of rotatable bonds is 5. The lowest BCUT2D eigenvalue weighted by Crippen LogP contribution is -2.49. The largest absolute Gasteiger partial charge is 0.479 e. The van der Waals surface area contributed by atoms with Crippen molar-refractivity contribution in [3.8, 4) is 0 Å². The van der Waals surface area contributed by atoms with Crippen molar-refractivity contribution in [3.63, 3.8) is 0 Å². The molecule has 1 aliphatic carbocycles. The van der Waals surface area contributed by atoms with Crippen LogP contribution in [0.15, 0.2) is 30.4 Å². The third kappa shape index (κ3) is 3.62. The number of benzene rings is 1. The Kier molecular flexibility index (Phi) is 5.14. The van der Waals surface area contributed by atoms with Gasteiger partial charge in [0, 0.05) is 6.42 Å². The van der Waals surface area contributed by atoms with Crippen molar-refractivity contribution < 1.29 is 14.7 Å². The molecule has 1 amide bonds. The molecule has 6 heteroatoms. The number of halogens is 2. The maximum atomic E-state index is 12.2. The summed E-state index contributed by atoms with van der Waals surface area (Å²) in [6, 6.07) is 4.54. The van der Waals surface area contributed by atoms with Gasteiger partial charge in [0.15, 0.2) is 5.54 Å². The minimum atomic E-state index is -1.55. The Balaban J connectivity index is 2.20. The van der Waals surface area contributed by atoms with E-state index in [1.165, 1.54) is 19.1 Å². The first kappa shape index (κ1) is 16.8. The summed E-state index contributed by atoms with van der Waals surface area (Å²) in [6.45, 7) is 1.44. The molecule has 118 valence electrons. The van der Waals surface area contributed by atoms with Crippen LogP contribution in [-0.4, -0.2) is 17.0 Å². The Morgan fingerprint density at radius 1 is 1.36 bits per heavy atom. The maximum absolute atomic E-state index is 12.2. The van der Waals surface area contributed by atoms with E-state index in [0.717, 1.165) is 12.8 Å². The lowest BCUT2D eigenvalue weighted by molar-refractivity contribution is -0.147. The number of hydrogen-bond acceptors (Lipinski definition) is 2. The molecule has 0 bridgehead atoms. The Hall–Kier alpha value is -1.52. The summed E-state index contributed by atoms with van der Waals surface area (Å²) >= 11 is 11.8. The van der Waals surface area contributed by atoms with Gasteiger partial charge < -0.3 is 10.4 Å². The molecule has 1 aromatic carbocycles. The van der Waals surface area contributed by atoms with Crippen LogP contribution in [0.25, 0.3) is 0 Å². The van der Waals surface area contributed by atoms with Crippen molar-refractivity contribution in [2.24, 2.45) is 5.92 Å². The zero-order chi connectivity index (χ0) is 16.3. The van der Waals surface area contributed by atoms with Crippen LogP contribution in [0.3, 0.4) is 0 Å². The van der Waals surface area contributed by atoms with Gasteiger partial charge in [-0.1, -0.05) is 41.4 Å². The van der Waals surface area contributed by atoms with E-state index in [1.54, 1.807) is 6.07 Å². The fourth-order valence-electron chi connectivity index (χ4n) is 2.49. The molecular weight excluding hydrogens is 325 g/mol.